The number of aryl methyl sites for hydroxylation is 1. The number of nitrogens with one attached hydrogen (secondary N) is 2. The third-order valence-electron chi connectivity index (χ3n) is 7.63. The van der Waals surface area contributed by atoms with Gasteiger partial charge in [-0.05, 0) is 52.8 Å². The summed E-state index contributed by atoms with van der Waals surface area (Å²) in [6, 6.07) is 35.5. The van der Waals surface area contributed by atoms with Gasteiger partial charge in [-0.1, -0.05) is 97.9 Å². The smallest absolute Gasteiger partial charge is 0.220 e. The fourth-order valence-corrected chi connectivity index (χ4v) is 5.60. The number of ether oxygens (including phenoxy) is 1. The number of hydrogen-bond acceptors (Lipinski definition) is 2. The Morgan fingerprint density at radius 1 is 0.821 bits per heavy atom. The highest BCUT2D eigenvalue weighted by Crippen LogP contribution is 2.36. The molecule has 4 aromatic carbocycles. The van der Waals surface area contributed by atoms with Gasteiger partial charge in [0.05, 0.1) is 7.11 Å². The Labute approximate surface area is 231 Å². The molecule has 0 spiro atoms. The molecular weight excluding hydrogens is 480 g/mol. The van der Waals surface area contributed by atoms with Crippen LogP contribution in [0.5, 0.6) is 5.75 Å². The van der Waals surface area contributed by atoms with Crippen LogP contribution in [0, 0.1) is 0 Å². The molecule has 1 aromatic heterocycles. The first-order chi connectivity index (χ1) is 19.2. The van der Waals surface area contributed by atoms with Crippen LogP contribution in [0.15, 0.2) is 109 Å². The number of H-pyrrole nitrogens is 1. The lowest BCUT2D eigenvalue weighted by Gasteiger charge is -2.20. The maximum absolute atomic E-state index is 13.4. The zero-order chi connectivity index (χ0) is 27.0. The van der Waals surface area contributed by atoms with E-state index in [0.29, 0.717) is 13.0 Å². The van der Waals surface area contributed by atoms with Crippen LogP contribution in [0.25, 0.3) is 10.9 Å². The van der Waals surface area contributed by atoms with Crippen molar-refractivity contribution in [1.82, 2.24) is 10.3 Å². The van der Waals surface area contributed by atoms with Gasteiger partial charge in [0.15, 0.2) is 0 Å². The molecule has 0 aliphatic heterocycles. The minimum atomic E-state index is -0.0972. The van der Waals surface area contributed by atoms with E-state index in [2.05, 4.69) is 96.2 Å². The number of hydrogen-bond donors (Lipinski definition) is 2. The third kappa shape index (κ3) is 6.06. The Morgan fingerprint density at radius 3 is 2.15 bits per heavy atom. The van der Waals surface area contributed by atoms with Gasteiger partial charge in [0.1, 0.15) is 5.75 Å². The normalized spacial score (nSPS) is 12.0. The molecule has 0 radical (unpaired) electrons. The van der Waals surface area contributed by atoms with E-state index in [9.17, 15) is 4.79 Å². The number of benzene rings is 4. The molecule has 5 rings (SSSR count). The second-order valence-corrected chi connectivity index (χ2v) is 9.98. The minimum absolute atomic E-state index is 0.0451. The van der Waals surface area contributed by atoms with Gasteiger partial charge in [-0.3, -0.25) is 4.79 Å². The van der Waals surface area contributed by atoms with Gasteiger partial charge in [-0.25, -0.2) is 0 Å². The average Bonchev–Trinajstić information content (AvgIpc) is 3.43. The van der Waals surface area contributed by atoms with Gasteiger partial charge in [-0.15, -0.1) is 0 Å². The Hall–Kier alpha value is -4.31. The van der Waals surface area contributed by atoms with Gasteiger partial charge in [-0.2, -0.15) is 0 Å². The summed E-state index contributed by atoms with van der Waals surface area (Å²) in [6.07, 6.45) is 4.21. The van der Waals surface area contributed by atoms with E-state index < -0.39 is 0 Å². The van der Waals surface area contributed by atoms with Crippen LogP contribution in [0.2, 0.25) is 0 Å². The molecule has 4 heteroatoms. The maximum Gasteiger partial charge on any atom is 0.220 e. The second kappa shape index (κ2) is 12.5. The molecule has 0 aliphatic carbocycles. The van der Waals surface area contributed by atoms with Gasteiger partial charge >= 0.3 is 0 Å². The summed E-state index contributed by atoms with van der Waals surface area (Å²) in [6.45, 7) is 2.77. The quantitative estimate of drug-likeness (QED) is 0.190. The number of amides is 1. The van der Waals surface area contributed by atoms with E-state index in [0.717, 1.165) is 35.2 Å². The molecule has 1 unspecified atom stereocenters. The van der Waals surface area contributed by atoms with E-state index >= 15 is 0 Å². The summed E-state index contributed by atoms with van der Waals surface area (Å²) < 4.78 is 5.52. The predicted molar refractivity (Wildman–Crippen MR) is 159 cm³/mol. The minimum Gasteiger partial charge on any atom is -0.497 e. The fourth-order valence-electron chi connectivity index (χ4n) is 5.60. The van der Waals surface area contributed by atoms with Crippen molar-refractivity contribution < 1.29 is 9.53 Å². The number of para-hydroxylation sites is 1. The molecule has 0 aliphatic rings. The lowest BCUT2D eigenvalue weighted by molar-refractivity contribution is -0.121. The first-order valence-electron chi connectivity index (χ1n) is 13.8. The van der Waals surface area contributed by atoms with Crippen molar-refractivity contribution in [1.29, 1.82) is 0 Å². The Morgan fingerprint density at radius 2 is 1.49 bits per heavy atom. The van der Waals surface area contributed by atoms with Crippen LogP contribution >= 0.6 is 0 Å². The van der Waals surface area contributed by atoms with Crippen molar-refractivity contribution in [2.24, 2.45) is 0 Å². The summed E-state index contributed by atoms with van der Waals surface area (Å²) in [4.78, 5) is 16.9. The van der Waals surface area contributed by atoms with Crippen LogP contribution < -0.4 is 10.1 Å². The van der Waals surface area contributed by atoms with Gasteiger partial charge in [0, 0.05) is 41.9 Å². The van der Waals surface area contributed by atoms with Crippen molar-refractivity contribution in [2.75, 3.05) is 13.7 Å². The molecule has 0 saturated carbocycles. The summed E-state index contributed by atoms with van der Waals surface area (Å²) in [5.74, 6) is 0.965. The highest BCUT2D eigenvalue weighted by molar-refractivity contribution is 5.88. The molecule has 39 heavy (non-hydrogen) atoms. The fraction of sp³-hybridized carbons (Fsp3) is 0.229. The third-order valence-corrected chi connectivity index (χ3v) is 7.63. The maximum atomic E-state index is 13.4. The molecule has 0 bridgehead atoms. The molecule has 5 aromatic rings. The van der Waals surface area contributed by atoms with Crippen LogP contribution in [-0.4, -0.2) is 24.5 Å². The van der Waals surface area contributed by atoms with Gasteiger partial charge < -0.3 is 15.0 Å². The Kier molecular flexibility index (Phi) is 8.42. The number of aromatic amines is 1. The summed E-state index contributed by atoms with van der Waals surface area (Å²) in [5.41, 5.74) is 7.15. The standard InChI is InChI=1S/C35H36N2O2/c1-3-25-16-11-19-31-33(24-37-35(25)31)32(28-17-10-18-29(22-28)39-2)23-34(38)36-21-20-30(26-12-6-4-7-13-26)27-14-8-5-9-15-27/h4-19,22,24,30,32,37H,3,20-21,23H2,1-2H3,(H,36,38). The molecule has 0 saturated heterocycles. The van der Waals surface area contributed by atoms with Crippen molar-refractivity contribution >= 4 is 16.8 Å². The number of methoxy groups -OCH3 is 1. The summed E-state index contributed by atoms with van der Waals surface area (Å²) in [7, 11) is 1.68. The largest absolute Gasteiger partial charge is 0.497 e. The molecule has 2 N–H and O–H groups in total. The van der Waals surface area contributed by atoms with Crippen LogP contribution in [0.1, 0.15) is 59.4 Å². The van der Waals surface area contributed by atoms with Crippen LogP contribution in [0.3, 0.4) is 0 Å². The predicted octanol–water partition coefficient (Wildman–Crippen LogP) is 7.60. The second-order valence-electron chi connectivity index (χ2n) is 9.98. The molecule has 1 heterocycles. The number of carbonyl (C=O) groups is 1. The van der Waals surface area contributed by atoms with E-state index in [1.807, 2.05) is 30.3 Å². The SMILES string of the molecule is CCc1cccc2c(C(CC(=O)NCCC(c3ccccc3)c3ccccc3)c3cccc(OC)c3)c[nH]c12. The lowest BCUT2D eigenvalue weighted by atomic mass is 9.87. The first kappa shape index (κ1) is 26.3. The van der Waals surface area contributed by atoms with E-state index in [1.165, 1.54) is 22.1 Å². The average molecular weight is 517 g/mol. The summed E-state index contributed by atoms with van der Waals surface area (Å²) in [5, 5.41) is 4.40. The van der Waals surface area contributed by atoms with Gasteiger partial charge in [0.25, 0.3) is 0 Å². The van der Waals surface area contributed by atoms with E-state index in [1.54, 1.807) is 7.11 Å². The van der Waals surface area contributed by atoms with Crippen molar-refractivity contribution in [3.63, 3.8) is 0 Å². The zero-order valence-corrected chi connectivity index (χ0v) is 22.7. The number of carbonyl (C=O) groups excluding carboxylic acids is 1. The number of fused-ring (bicyclic) bond motifs is 1. The highest BCUT2D eigenvalue weighted by Gasteiger charge is 2.23. The molecule has 0 fully saturated rings. The van der Waals surface area contributed by atoms with E-state index in [4.69, 9.17) is 4.74 Å². The summed E-state index contributed by atoms with van der Waals surface area (Å²) >= 11 is 0. The molecule has 1 atom stereocenters. The Bertz CT molecular complexity index is 1470. The number of rotatable bonds is 11. The van der Waals surface area contributed by atoms with Crippen LogP contribution in [-0.2, 0) is 11.2 Å². The molecule has 4 nitrogen and oxygen atoms in total. The monoisotopic (exact) mass is 516 g/mol. The molecular formula is C35H36N2O2. The zero-order valence-electron chi connectivity index (χ0n) is 22.7. The van der Waals surface area contributed by atoms with Crippen molar-refractivity contribution in [2.45, 2.75) is 38.0 Å². The van der Waals surface area contributed by atoms with Crippen LogP contribution in [0.4, 0.5) is 0 Å². The Balaban J connectivity index is 1.36. The van der Waals surface area contributed by atoms with Gasteiger partial charge in [0.2, 0.25) is 5.91 Å². The topological polar surface area (TPSA) is 54.1 Å². The first-order valence-corrected chi connectivity index (χ1v) is 13.8. The van der Waals surface area contributed by atoms with E-state index in [-0.39, 0.29) is 17.7 Å². The molecule has 198 valence electrons. The molecule has 1 amide bonds. The van der Waals surface area contributed by atoms with Crippen molar-refractivity contribution in [3.05, 3.63) is 137 Å². The lowest BCUT2D eigenvalue weighted by Crippen LogP contribution is -2.27. The highest BCUT2D eigenvalue weighted by atomic mass is 16.5. The van der Waals surface area contributed by atoms with Crippen molar-refractivity contribution in [3.8, 4) is 5.75 Å². The number of aromatic nitrogens is 1.